The molecule has 146 valence electrons. The molecule has 2 saturated carbocycles. The van der Waals surface area contributed by atoms with Gasteiger partial charge in [-0.1, -0.05) is 6.42 Å². The summed E-state index contributed by atoms with van der Waals surface area (Å²) < 4.78 is 12.5. The van der Waals surface area contributed by atoms with Gasteiger partial charge in [0.15, 0.2) is 23.2 Å². The van der Waals surface area contributed by atoms with Gasteiger partial charge in [-0.3, -0.25) is 4.57 Å². The van der Waals surface area contributed by atoms with Gasteiger partial charge in [-0.05, 0) is 31.1 Å². The van der Waals surface area contributed by atoms with E-state index in [2.05, 4.69) is 20.3 Å². The molecule has 3 aliphatic rings. The predicted octanol–water partition coefficient (Wildman–Crippen LogP) is 0.692. The van der Waals surface area contributed by atoms with Crippen molar-refractivity contribution in [2.75, 3.05) is 19.0 Å². The zero-order valence-corrected chi connectivity index (χ0v) is 15.2. The van der Waals surface area contributed by atoms with Crippen LogP contribution in [0.1, 0.15) is 31.9 Å². The Labute approximate surface area is 156 Å². The average Bonchev–Trinajstić information content (AvgIpc) is 3.43. The highest BCUT2D eigenvalue weighted by molar-refractivity contribution is 5.82. The van der Waals surface area contributed by atoms with Crippen molar-refractivity contribution in [1.29, 1.82) is 0 Å². The van der Waals surface area contributed by atoms with E-state index < -0.39 is 24.5 Å². The number of imidazole rings is 1. The minimum Gasteiger partial charge on any atom is -0.387 e. The standard InChI is InChI=1S/C18H25N5O4/c1-26-6-12-14(24)15(25)18(27-12)23-8-21-13-16(19-7-20-17(13)23)22-11-5-9-2-3-10(11)4-9/h7-12,14-15,18,24-25H,2-6H2,1H3,(H,19,20,22)/t9?,10?,11?,12-,14-,15-,18-/m1/s1. The summed E-state index contributed by atoms with van der Waals surface area (Å²) in [5.41, 5.74) is 1.23. The molecule has 0 spiro atoms. The third-order valence-corrected chi connectivity index (χ3v) is 6.36. The first kappa shape index (κ1) is 17.3. The number of rotatable bonds is 5. The van der Waals surface area contributed by atoms with E-state index in [1.165, 1.54) is 39.1 Å². The number of fused-ring (bicyclic) bond motifs is 3. The monoisotopic (exact) mass is 375 g/mol. The van der Waals surface area contributed by atoms with E-state index in [4.69, 9.17) is 9.47 Å². The fourth-order valence-electron chi connectivity index (χ4n) is 5.00. The van der Waals surface area contributed by atoms with Gasteiger partial charge in [0, 0.05) is 13.2 Å². The quantitative estimate of drug-likeness (QED) is 0.699. The maximum Gasteiger partial charge on any atom is 0.167 e. The molecule has 0 aromatic carbocycles. The molecule has 9 nitrogen and oxygen atoms in total. The van der Waals surface area contributed by atoms with E-state index >= 15 is 0 Å². The van der Waals surface area contributed by atoms with Crippen molar-refractivity contribution in [2.45, 2.75) is 56.3 Å². The summed E-state index contributed by atoms with van der Waals surface area (Å²) in [6, 6.07) is 0.438. The summed E-state index contributed by atoms with van der Waals surface area (Å²) in [4.78, 5) is 13.2. The number of aromatic nitrogens is 4. The van der Waals surface area contributed by atoms with Crippen molar-refractivity contribution in [3.8, 4) is 0 Å². The highest BCUT2D eigenvalue weighted by atomic mass is 16.6. The number of methoxy groups -OCH3 is 1. The maximum atomic E-state index is 10.4. The fraction of sp³-hybridized carbons (Fsp3) is 0.722. The normalized spacial score (nSPS) is 38.1. The summed E-state index contributed by atoms with van der Waals surface area (Å²) in [6.45, 7) is 0.202. The Morgan fingerprint density at radius 1 is 1.22 bits per heavy atom. The second-order valence-corrected chi connectivity index (χ2v) is 7.97. The van der Waals surface area contributed by atoms with E-state index in [-0.39, 0.29) is 6.61 Å². The molecule has 2 aromatic heterocycles. The molecule has 0 radical (unpaired) electrons. The van der Waals surface area contributed by atoms with Crippen molar-refractivity contribution in [3.05, 3.63) is 12.7 Å². The molecule has 2 aliphatic carbocycles. The molecule has 5 rings (SSSR count). The summed E-state index contributed by atoms with van der Waals surface area (Å²) in [5.74, 6) is 2.27. The smallest absolute Gasteiger partial charge is 0.167 e. The van der Waals surface area contributed by atoms with Crippen LogP contribution in [-0.2, 0) is 9.47 Å². The molecule has 3 unspecified atom stereocenters. The fourth-order valence-corrected chi connectivity index (χ4v) is 5.00. The number of hydrogen-bond donors (Lipinski definition) is 3. The second kappa shape index (κ2) is 6.66. The lowest BCUT2D eigenvalue weighted by Crippen LogP contribution is -2.33. The van der Waals surface area contributed by atoms with Crippen molar-refractivity contribution >= 4 is 17.0 Å². The van der Waals surface area contributed by atoms with E-state index in [0.717, 1.165) is 11.7 Å². The van der Waals surface area contributed by atoms with Crippen LogP contribution in [0.5, 0.6) is 0 Å². The largest absolute Gasteiger partial charge is 0.387 e. The van der Waals surface area contributed by atoms with Crippen LogP contribution in [0.15, 0.2) is 12.7 Å². The molecular formula is C18H25N5O4. The van der Waals surface area contributed by atoms with Gasteiger partial charge in [0.2, 0.25) is 0 Å². The molecule has 3 heterocycles. The molecule has 2 bridgehead atoms. The van der Waals surface area contributed by atoms with Crippen molar-refractivity contribution in [3.63, 3.8) is 0 Å². The van der Waals surface area contributed by atoms with Gasteiger partial charge in [-0.25, -0.2) is 15.0 Å². The second-order valence-electron chi connectivity index (χ2n) is 7.97. The molecule has 27 heavy (non-hydrogen) atoms. The van der Waals surface area contributed by atoms with Crippen LogP contribution in [0.3, 0.4) is 0 Å². The van der Waals surface area contributed by atoms with Gasteiger partial charge in [-0.15, -0.1) is 0 Å². The third kappa shape index (κ3) is 2.80. The number of nitrogens with one attached hydrogen (secondary N) is 1. The van der Waals surface area contributed by atoms with Crippen LogP contribution < -0.4 is 5.32 Å². The number of ether oxygens (including phenoxy) is 2. The summed E-state index contributed by atoms with van der Waals surface area (Å²) in [7, 11) is 1.53. The van der Waals surface area contributed by atoms with E-state index in [9.17, 15) is 10.2 Å². The lowest BCUT2D eigenvalue weighted by atomic mass is 9.95. The number of nitrogens with zero attached hydrogens (tertiary/aromatic N) is 4. The summed E-state index contributed by atoms with van der Waals surface area (Å²) in [5, 5.41) is 24.2. The molecule has 1 aliphatic heterocycles. The molecule has 1 saturated heterocycles. The van der Waals surface area contributed by atoms with Gasteiger partial charge in [-0.2, -0.15) is 0 Å². The molecule has 3 N–H and O–H groups in total. The van der Waals surface area contributed by atoms with E-state index in [0.29, 0.717) is 23.1 Å². The number of aliphatic hydroxyl groups excluding tert-OH is 2. The Balaban J connectivity index is 1.42. The lowest BCUT2D eigenvalue weighted by Gasteiger charge is -2.23. The first-order valence-electron chi connectivity index (χ1n) is 9.60. The first-order chi connectivity index (χ1) is 13.2. The molecule has 3 fully saturated rings. The number of hydrogen-bond acceptors (Lipinski definition) is 8. The minimum atomic E-state index is -1.08. The maximum absolute atomic E-state index is 10.4. The summed E-state index contributed by atoms with van der Waals surface area (Å²) in [6.07, 6.45) is 4.73. The van der Waals surface area contributed by atoms with Crippen LogP contribution in [0.4, 0.5) is 5.82 Å². The topological polar surface area (TPSA) is 115 Å². The predicted molar refractivity (Wildman–Crippen MR) is 96.0 cm³/mol. The first-order valence-corrected chi connectivity index (χ1v) is 9.60. The molecule has 0 amide bonds. The molecule has 2 aromatic rings. The molecule has 7 atom stereocenters. The van der Waals surface area contributed by atoms with Crippen molar-refractivity contribution < 1.29 is 19.7 Å². The van der Waals surface area contributed by atoms with Crippen molar-refractivity contribution in [1.82, 2.24) is 19.5 Å². The van der Waals surface area contributed by atoms with Crippen LogP contribution in [0, 0.1) is 11.8 Å². The SMILES string of the molecule is COC[C@H]1O[C@@H](n2cnc3c(NC4CC5CCC4C5)ncnc32)[C@H](O)[C@@H]1O. The third-order valence-electron chi connectivity index (χ3n) is 6.36. The number of anilines is 1. The number of aliphatic hydroxyl groups is 2. The minimum absolute atomic E-state index is 0.202. The van der Waals surface area contributed by atoms with E-state index in [1.54, 1.807) is 10.9 Å². The Hall–Kier alpha value is -1.81. The van der Waals surface area contributed by atoms with Crippen LogP contribution in [0.2, 0.25) is 0 Å². The average molecular weight is 375 g/mol. The Morgan fingerprint density at radius 2 is 2.11 bits per heavy atom. The highest BCUT2D eigenvalue weighted by Gasteiger charge is 2.44. The summed E-state index contributed by atoms with van der Waals surface area (Å²) >= 11 is 0. The Bertz CT molecular complexity index is 829. The zero-order valence-electron chi connectivity index (χ0n) is 15.2. The zero-order chi connectivity index (χ0) is 18.5. The van der Waals surface area contributed by atoms with Gasteiger partial charge < -0.3 is 25.0 Å². The van der Waals surface area contributed by atoms with Crippen molar-refractivity contribution in [2.24, 2.45) is 11.8 Å². The van der Waals surface area contributed by atoms with Crippen LogP contribution in [0.25, 0.3) is 11.2 Å². The molecular weight excluding hydrogens is 350 g/mol. The van der Waals surface area contributed by atoms with Crippen LogP contribution in [-0.4, -0.2) is 67.8 Å². The Morgan fingerprint density at radius 3 is 2.85 bits per heavy atom. The Kier molecular flexibility index (Phi) is 4.27. The van der Waals surface area contributed by atoms with Gasteiger partial charge in [0.1, 0.15) is 24.6 Å². The van der Waals surface area contributed by atoms with Crippen LogP contribution >= 0.6 is 0 Å². The van der Waals surface area contributed by atoms with Gasteiger partial charge in [0.25, 0.3) is 0 Å². The molecule has 9 heteroatoms. The lowest BCUT2D eigenvalue weighted by molar-refractivity contribution is -0.0580. The van der Waals surface area contributed by atoms with Gasteiger partial charge >= 0.3 is 0 Å². The highest BCUT2D eigenvalue weighted by Crippen LogP contribution is 2.45. The van der Waals surface area contributed by atoms with Gasteiger partial charge in [0.05, 0.1) is 12.9 Å². The van der Waals surface area contributed by atoms with E-state index in [1.807, 2.05) is 0 Å².